The van der Waals surface area contributed by atoms with Crippen LogP contribution in [0.5, 0.6) is 0 Å². The van der Waals surface area contributed by atoms with Crippen molar-refractivity contribution in [1.82, 2.24) is 14.3 Å². The van der Waals surface area contributed by atoms with E-state index in [9.17, 15) is 18.4 Å². The summed E-state index contributed by atoms with van der Waals surface area (Å²) in [6.07, 6.45) is -1.99. The molecule has 0 aliphatic carbocycles. The fraction of sp³-hybridized carbons (Fsp3) is 0.280. The summed E-state index contributed by atoms with van der Waals surface area (Å²) >= 11 is 0. The maximum atomic E-state index is 13.0. The van der Waals surface area contributed by atoms with Crippen molar-refractivity contribution in [3.8, 4) is 17.2 Å². The van der Waals surface area contributed by atoms with Crippen LogP contribution >= 0.6 is 12.4 Å². The van der Waals surface area contributed by atoms with Gasteiger partial charge in [0.05, 0.1) is 16.6 Å². The van der Waals surface area contributed by atoms with Crippen molar-refractivity contribution in [2.75, 3.05) is 31.5 Å². The van der Waals surface area contributed by atoms with E-state index in [1.54, 1.807) is 0 Å². The van der Waals surface area contributed by atoms with Gasteiger partial charge in [-0.2, -0.15) is 18.4 Å². The number of alkyl halides is 3. The zero-order valence-corrected chi connectivity index (χ0v) is 19.1. The van der Waals surface area contributed by atoms with Crippen molar-refractivity contribution in [1.29, 1.82) is 5.26 Å². The van der Waals surface area contributed by atoms with Crippen LogP contribution in [0, 0.1) is 11.3 Å². The topological polar surface area (TPSA) is 56.4 Å². The van der Waals surface area contributed by atoms with Gasteiger partial charge in [0, 0.05) is 18.7 Å². The standard InChI is InChI=1S/C25H22F3N5.ClH/c26-25(27,28)18-9-7-17(8-10-18)19-15-23(30-11-14-32-12-3-4-13-32)33-22-6-2-1-5-21(22)31-24(33)20(19)16-29;/h1-2,5-10,15,30H,3-4,11-14H2;1H. The highest BCUT2D eigenvalue weighted by molar-refractivity contribution is 5.89. The van der Waals surface area contributed by atoms with Crippen LogP contribution in [0.15, 0.2) is 54.6 Å². The minimum Gasteiger partial charge on any atom is -0.370 e. The Balaban J connectivity index is 0.00000274. The van der Waals surface area contributed by atoms with Gasteiger partial charge < -0.3 is 10.2 Å². The Labute approximate surface area is 201 Å². The van der Waals surface area contributed by atoms with Crippen LogP contribution in [0.4, 0.5) is 19.0 Å². The molecular formula is C25H23ClF3N5. The third kappa shape index (κ3) is 4.41. The Bertz CT molecular complexity index is 1350. The molecule has 5 nitrogen and oxygen atoms in total. The van der Waals surface area contributed by atoms with Gasteiger partial charge in [-0.1, -0.05) is 24.3 Å². The molecule has 0 unspecified atom stereocenters. The zero-order chi connectivity index (χ0) is 23.0. The third-order valence-corrected chi connectivity index (χ3v) is 6.14. The fourth-order valence-electron chi connectivity index (χ4n) is 4.49. The van der Waals surface area contributed by atoms with Gasteiger partial charge in [-0.05, 0) is 61.8 Å². The molecule has 1 fully saturated rings. The molecular weight excluding hydrogens is 463 g/mol. The number of imidazole rings is 1. The number of likely N-dealkylation sites (tertiary alicyclic amines) is 1. The maximum Gasteiger partial charge on any atom is 0.416 e. The van der Waals surface area contributed by atoms with Gasteiger partial charge in [0.2, 0.25) is 0 Å². The molecule has 1 aliphatic rings. The monoisotopic (exact) mass is 485 g/mol. The smallest absolute Gasteiger partial charge is 0.370 e. The van der Waals surface area contributed by atoms with E-state index in [-0.39, 0.29) is 12.4 Å². The maximum absolute atomic E-state index is 13.0. The molecule has 2 aromatic carbocycles. The second kappa shape index (κ2) is 9.53. The van der Waals surface area contributed by atoms with Crippen molar-refractivity contribution < 1.29 is 13.2 Å². The highest BCUT2D eigenvalue weighted by Crippen LogP contribution is 2.35. The van der Waals surface area contributed by atoms with Crippen LogP contribution in [-0.4, -0.2) is 40.5 Å². The Morgan fingerprint density at radius 2 is 1.74 bits per heavy atom. The number of aromatic nitrogens is 2. The predicted octanol–water partition coefficient (Wildman–Crippen LogP) is 5.97. The summed E-state index contributed by atoms with van der Waals surface area (Å²) in [7, 11) is 0. The molecule has 3 heterocycles. The van der Waals surface area contributed by atoms with Gasteiger partial charge in [0.25, 0.3) is 0 Å². The quantitative estimate of drug-likeness (QED) is 0.378. The van der Waals surface area contributed by atoms with E-state index in [1.165, 1.54) is 25.0 Å². The lowest BCUT2D eigenvalue weighted by Crippen LogP contribution is -2.26. The van der Waals surface area contributed by atoms with Crippen LogP contribution in [-0.2, 0) is 6.18 Å². The van der Waals surface area contributed by atoms with Gasteiger partial charge >= 0.3 is 6.18 Å². The number of anilines is 1. The highest BCUT2D eigenvalue weighted by Gasteiger charge is 2.30. The molecule has 0 radical (unpaired) electrons. The first kappa shape index (κ1) is 23.9. The molecule has 9 heteroatoms. The van der Waals surface area contributed by atoms with E-state index >= 15 is 0 Å². The second-order valence-corrected chi connectivity index (χ2v) is 8.24. The van der Waals surface area contributed by atoms with Crippen molar-refractivity contribution in [2.45, 2.75) is 19.0 Å². The first-order chi connectivity index (χ1) is 16.0. The molecule has 0 atom stereocenters. The number of pyridine rings is 1. The van der Waals surface area contributed by atoms with Crippen molar-refractivity contribution in [3.05, 3.63) is 65.7 Å². The van der Waals surface area contributed by atoms with E-state index in [4.69, 9.17) is 0 Å². The lowest BCUT2D eigenvalue weighted by atomic mass is 10.00. The number of halogens is 4. The largest absolute Gasteiger partial charge is 0.416 e. The summed E-state index contributed by atoms with van der Waals surface area (Å²) in [5, 5.41) is 13.5. The number of rotatable bonds is 5. The molecule has 0 bridgehead atoms. The molecule has 34 heavy (non-hydrogen) atoms. The van der Waals surface area contributed by atoms with Crippen LogP contribution in [0.2, 0.25) is 0 Å². The number of para-hydroxylation sites is 2. The van der Waals surface area contributed by atoms with Crippen LogP contribution in [0.25, 0.3) is 27.8 Å². The van der Waals surface area contributed by atoms with E-state index < -0.39 is 11.7 Å². The molecule has 0 spiro atoms. The molecule has 176 valence electrons. The molecule has 5 rings (SSSR count). The summed E-state index contributed by atoms with van der Waals surface area (Å²) < 4.78 is 41.1. The number of benzene rings is 2. The number of hydrogen-bond acceptors (Lipinski definition) is 4. The second-order valence-electron chi connectivity index (χ2n) is 8.24. The minimum atomic E-state index is -4.41. The van der Waals surface area contributed by atoms with E-state index in [0.29, 0.717) is 28.9 Å². The van der Waals surface area contributed by atoms with Crippen LogP contribution in [0.1, 0.15) is 24.0 Å². The van der Waals surface area contributed by atoms with E-state index in [2.05, 4.69) is 21.3 Å². The third-order valence-electron chi connectivity index (χ3n) is 6.14. The first-order valence-corrected chi connectivity index (χ1v) is 10.9. The summed E-state index contributed by atoms with van der Waals surface area (Å²) in [6.45, 7) is 3.79. The van der Waals surface area contributed by atoms with Gasteiger partial charge in [0.15, 0.2) is 5.65 Å². The number of nitrogens with one attached hydrogen (secondary N) is 1. The number of fused-ring (bicyclic) bond motifs is 3. The average Bonchev–Trinajstić information content (AvgIpc) is 3.46. The number of nitrogens with zero attached hydrogens (tertiary/aromatic N) is 4. The lowest BCUT2D eigenvalue weighted by molar-refractivity contribution is -0.137. The van der Waals surface area contributed by atoms with Crippen LogP contribution in [0.3, 0.4) is 0 Å². The predicted molar refractivity (Wildman–Crippen MR) is 129 cm³/mol. The summed E-state index contributed by atoms with van der Waals surface area (Å²) in [5.41, 5.74) is 2.80. The molecule has 4 aromatic rings. The van der Waals surface area contributed by atoms with Gasteiger partial charge in [-0.25, -0.2) is 4.98 Å². The Morgan fingerprint density at radius 1 is 1.03 bits per heavy atom. The Kier molecular flexibility index (Phi) is 6.69. The molecule has 0 amide bonds. The molecule has 2 aromatic heterocycles. The van der Waals surface area contributed by atoms with Crippen molar-refractivity contribution in [3.63, 3.8) is 0 Å². The average molecular weight is 486 g/mol. The fourth-order valence-corrected chi connectivity index (χ4v) is 4.49. The van der Waals surface area contributed by atoms with Crippen LogP contribution < -0.4 is 5.32 Å². The molecule has 1 saturated heterocycles. The lowest BCUT2D eigenvalue weighted by Gasteiger charge is -2.18. The van der Waals surface area contributed by atoms with E-state index in [1.807, 2.05) is 34.7 Å². The molecule has 0 saturated carbocycles. The van der Waals surface area contributed by atoms with E-state index in [0.717, 1.165) is 48.6 Å². The summed E-state index contributed by atoms with van der Waals surface area (Å²) in [4.78, 5) is 7.08. The SMILES string of the molecule is Cl.N#Cc1c(-c2ccc(C(F)(F)F)cc2)cc(NCCN2CCCC2)n2c1nc1ccccc12. The Hall–Kier alpha value is -3.28. The highest BCUT2D eigenvalue weighted by atomic mass is 35.5. The van der Waals surface area contributed by atoms with Crippen molar-refractivity contribution >= 4 is 34.9 Å². The Morgan fingerprint density at radius 3 is 2.41 bits per heavy atom. The normalized spacial score (nSPS) is 14.3. The summed E-state index contributed by atoms with van der Waals surface area (Å²) in [6, 6.07) is 16.6. The summed E-state index contributed by atoms with van der Waals surface area (Å²) in [5.74, 6) is 0.756. The molecule has 1 aliphatic heterocycles. The van der Waals surface area contributed by atoms with Gasteiger partial charge in [0.1, 0.15) is 17.5 Å². The van der Waals surface area contributed by atoms with Gasteiger partial charge in [-0.3, -0.25) is 4.40 Å². The van der Waals surface area contributed by atoms with Crippen molar-refractivity contribution in [2.24, 2.45) is 0 Å². The zero-order valence-electron chi connectivity index (χ0n) is 18.3. The van der Waals surface area contributed by atoms with Gasteiger partial charge in [-0.15, -0.1) is 12.4 Å². The number of hydrogen-bond donors (Lipinski definition) is 1. The molecule has 1 N–H and O–H groups in total. The first-order valence-electron chi connectivity index (χ1n) is 10.9. The minimum absolute atomic E-state index is 0. The number of nitriles is 1.